The molecular formula is C14H22N5+3. The Morgan fingerprint density at radius 1 is 0.947 bits per heavy atom. The zero-order valence-electron chi connectivity index (χ0n) is 11.2. The maximum Gasteiger partial charge on any atom is 0.213 e. The second-order valence-electron chi connectivity index (χ2n) is 6.43. The Morgan fingerprint density at radius 2 is 1.47 bits per heavy atom. The molecule has 4 bridgehead atoms. The third-order valence-corrected chi connectivity index (χ3v) is 4.94. The Hall–Kier alpha value is -1.43. The lowest BCUT2D eigenvalue weighted by molar-refractivity contribution is -1.30. The summed E-state index contributed by atoms with van der Waals surface area (Å²) in [7, 11) is 0. The zero-order valence-corrected chi connectivity index (χ0v) is 11.2. The Labute approximate surface area is 113 Å². The molecule has 0 atom stereocenters. The maximum atomic E-state index is 5.79. The van der Waals surface area contributed by atoms with Crippen LogP contribution >= 0.6 is 0 Å². The lowest BCUT2D eigenvalue weighted by Crippen LogP contribution is -3.56. The van der Waals surface area contributed by atoms with Gasteiger partial charge in [-0.2, -0.15) is 5.10 Å². The first-order chi connectivity index (χ1) is 9.29. The number of rotatable bonds is 2. The highest BCUT2D eigenvalue weighted by molar-refractivity contribution is 6.05. The average molecular weight is 260 g/mol. The molecular weight excluding hydrogens is 238 g/mol. The quantitative estimate of drug-likeness (QED) is 0.244. The van der Waals surface area contributed by atoms with E-state index in [1.165, 1.54) is 45.2 Å². The molecule has 100 valence electrons. The number of nitrogens with two attached hydrogens (primary N) is 1. The summed E-state index contributed by atoms with van der Waals surface area (Å²) < 4.78 is 0. The summed E-state index contributed by atoms with van der Waals surface area (Å²) in [6.45, 7) is 7.43. The third-order valence-electron chi connectivity index (χ3n) is 4.94. The minimum Gasteiger partial charge on any atom is -0.323 e. The molecule has 0 unspecified atom stereocenters. The summed E-state index contributed by atoms with van der Waals surface area (Å²) in [4.78, 5) is 5.14. The lowest BCUT2D eigenvalue weighted by Gasteiger charge is -2.52. The van der Waals surface area contributed by atoms with Crippen molar-refractivity contribution < 1.29 is 14.7 Å². The largest absolute Gasteiger partial charge is 0.323 e. The molecule has 5 N–H and O–H groups in total. The van der Waals surface area contributed by atoms with Gasteiger partial charge >= 0.3 is 0 Å². The molecule has 0 radical (unpaired) electrons. The van der Waals surface area contributed by atoms with E-state index in [4.69, 9.17) is 5.84 Å². The predicted molar refractivity (Wildman–Crippen MR) is 71.7 cm³/mol. The van der Waals surface area contributed by atoms with E-state index >= 15 is 0 Å². The molecule has 19 heavy (non-hydrogen) atoms. The van der Waals surface area contributed by atoms with Gasteiger partial charge in [0.2, 0.25) is 20.0 Å². The van der Waals surface area contributed by atoms with Gasteiger partial charge < -0.3 is 5.84 Å². The fourth-order valence-corrected chi connectivity index (χ4v) is 4.61. The van der Waals surface area contributed by atoms with E-state index in [-0.39, 0.29) is 5.41 Å². The van der Waals surface area contributed by atoms with Crippen molar-refractivity contribution in [3.8, 4) is 0 Å². The van der Waals surface area contributed by atoms with Crippen molar-refractivity contribution in [3.63, 3.8) is 0 Å². The van der Waals surface area contributed by atoms with Crippen molar-refractivity contribution >= 4 is 5.71 Å². The monoisotopic (exact) mass is 260 g/mol. The second-order valence-corrected chi connectivity index (χ2v) is 6.43. The average Bonchev–Trinajstić information content (AvgIpc) is 2.38. The molecule has 0 aromatic heterocycles. The van der Waals surface area contributed by atoms with E-state index < -0.39 is 0 Å². The first-order valence-corrected chi connectivity index (χ1v) is 7.14. The summed E-state index contributed by atoms with van der Waals surface area (Å²) in [5.74, 6) is 5.79. The molecule has 4 fully saturated rings. The standard InChI is InChI=1S/C14H19N5/c15-16-13(12-4-2-1-3-5-12)14-6-17-9-18(7-14)11-19(8-14)10-17/h1-5H,6-11,15H2/p+3/b16-13-. The Morgan fingerprint density at radius 3 is 1.95 bits per heavy atom. The fourth-order valence-electron chi connectivity index (χ4n) is 4.61. The van der Waals surface area contributed by atoms with Crippen LogP contribution in [0.25, 0.3) is 0 Å². The number of nitrogens with zero attached hydrogens (tertiary/aromatic N) is 1. The van der Waals surface area contributed by atoms with Crippen LogP contribution in [0.4, 0.5) is 0 Å². The molecule has 4 heterocycles. The Bertz CT molecular complexity index is 475. The summed E-state index contributed by atoms with van der Waals surface area (Å²) in [6.07, 6.45) is 0. The Kier molecular flexibility index (Phi) is 2.42. The minimum atomic E-state index is 0.185. The van der Waals surface area contributed by atoms with Crippen molar-refractivity contribution in [2.24, 2.45) is 16.4 Å². The zero-order chi connectivity index (χ0) is 12.9. The van der Waals surface area contributed by atoms with Crippen LogP contribution < -0.4 is 20.5 Å². The normalized spacial score (nSPS) is 40.6. The van der Waals surface area contributed by atoms with Gasteiger partial charge in [-0.25, -0.2) is 14.7 Å². The SMILES string of the molecule is N/N=C(/c1ccccc1)C12C[NH+]3C[NH+](C[NH+](C3)C1)C2. The van der Waals surface area contributed by atoms with E-state index in [1.807, 2.05) is 0 Å². The van der Waals surface area contributed by atoms with E-state index in [1.54, 1.807) is 14.7 Å². The van der Waals surface area contributed by atoms with E-state index in [2.05, 4.69) is 35.4 Å². The van der Waals surface area contributed by atoms with Gasteiger partial charge in [0.1, 0.15) is 19.6 Å². The summed E-state index contributed by atoms with van der Waals surface area (Å²) >= 11 is 0. The van der Waals surface area contributed by atoms with Crippen molar-refractivity contribution in [1.82, 2.24) is 0 Å². The highest BCUT2D eigenvalue weighted by Crippen LogP contribution is 2.22. The summed E-state index contributed by atoms with van der Waals surface area (Å²) in [5.41, 5.74) is 2.51. The van der Waals surface area contributed by atoms with Crippen LogP contribution in [0.15, 0.2) is 35.4 Å². The van der Waals surface area contributed by atoms with Gasteiger partial charge in [0.25, 0.3) is 0 Å². The number of hydrogen-bond donors (Lipinski definition) is 4. The van der Waals surface area contributed by atoms with Gasteiger partial charge in [-0.3, -0.25) is 0 Å². The molecule has 4 saturated heterocycles. The number of benzene rings is 1. The molecule has 5 heteroatoms. The molecule has 0 aliphatic carbocycles. The topological polar surface area (TPSA) is 51.7 Å². The second kappa shape index (κ2) is 4.03. The Balaban J connectivity index is 1.74. The number of hydrogen-bond acceptors (Lipinski definition) is 2. The van der Waals surface area contributed by atoms with Crippen LogP contribution in [-0.2, 0) is 0 Å². The van der Waals surface area contributed by atoms with Crippen molar-refractivity contribution in [2.75, 3.05) is 39.6 Å². The van der Waals surface area contributed by atoms with Crippen LogP contribution in [0.2, 0.25) is 0 Å². The molecule has 0 amide bonds. The van der Waals surface area contributed by atoms with Crippen LogP contribution in [0.3, 0.4) is 0 Å². The van der Waals surface area contributed by atoms with Crippen LogP contribution in [0.5, 0.6) is 0 Å². The van der Waals surface area contributed by atoms with Crippen LogP contribution in [0, 0.1) is 5.41 Å². The molecule has 5 nitrogen and oxygen atoms in total. The molecule has 4 aliphatic rings. The van der Waals surface area contributed by atoms with E-state index in [0.717, 1.165) is 5.71 Å². The van der Waals surface area contributed by atoms with Crippen molar-refractivity contribution in [1.29, 1.82) is 0 Å². The van der Waals surface area contributed by atoms with Gasteiger partial charge in [-0.1, -0.05) is 30.3 Å². The predicted octanol–water partition coefficient (Wildman–Crippen LogP) is -4.10. The first-order valence-electron chi connectivity index (χ1n) is 7.14. The first kappa shape index (κ1) is 11.4. The van der Waals surface area contributed by atoms with E-state index in [9.17, 15) is 0 Å². The molecule has 0 spiro atoms. The maximum absolute atomic E-state index is 5.79. The molecule has 0 saturated carbocycles. The summed E-state index contributed by atoms with van der Waals surface area (Å²) in [5, 5.41) is 4.22. The van der Waals surface area contributed by atoms with E-state index in [0.29, 0.717) is 0 Å². The van der Waals surface area contributed by atoms with Crippen molar-refractivity contribution in [3.05, 3.63) is 35.9 Å². The highest BCUT2D eigenvalue weighted by Gasteiger charge is 2.60. The van der Waals surface area contributed by atoms with Crippen LogP contribution in [0.1, 0.15) is 5.56 Å². The van der Waals surface area contributed by atoms with Gasteiger partial charge in [-0.05, 0) is 5.56 Å². The fraction of sp³-hybridized carbons (Fsp3) is 0.500. The minimum absolute atomic E-state index is 0.185. The molecule has 4 aliphatic heterocycles. The van der Waals surface area contributed by atoms with Gasteiger partial charge in [0.15, 0.2) is 5.41 Å². The van der Waals surface area contributed by atoms with Crippen molar-refractivity contribution in [2.45, 2.75) is 0 Å². The molecule has 1 aromatic rings. The smallest absolute Gasteiger partial charge is 0.213 e. The third kappa shape index (κ3) is 1.69. The number of quaternary nitrogens is 3. The van der Waals surface area contributed by atoms with Gasteiger partial charge in [0.05, 0.1) is 5.71 Å². The lowest BCUT2D eigenvalue weighted by atomic mass is 9.74. The summed E-state index contributed by atoms with van der Waals surface area (Å²) in [6, 6.07) is 10.5. The number of nitrogens with one attached hydrogen (secondary N) is 3. The number of hydrazone groups is 1. The van der Waals surface area contributed by atoms with Gasteiger partial charge in [-0.15, -0.1) is 0 Å². The highest BCUT2D eigenvalue weighted by atomic mass is 15.5. The molecule has 1 aromatic carbocycles. The van der Waals surface area contributed by atoms with Gasteiger partial charge in [0, 0.05) is 0 Å². The molecule has 5 rings (SSSR count). The van der Waals surface area contributed by atoms with Crippen LogP contribution in [-0.4, -0.2) is 45.4 Å².